The van der Waals surface area contributed by atoms with Crippen LogP contribution in [0.3, 0.4) is 0 Å². The molecule has 0 bridgehead atoms. The summed E-state index contributed by atoms with van der Waals surface area (Å²) in [6.07, 6.45) is 6.66. The van der Waals surface area contributed by atoms with Crippen LogP contribution in [0.15, 0.2) is 109 Å². The lowest BCUT2D eigenvalue weighted by Crippen LogP contribution is -2.25. The van der Waals surface area contributed by atoms with Crippen molar-refractivity contribution in [2.75, 3.05) is 6.54 Å². The number of fused-ring (bicyclic) bond motifs is 2. The number of hydrogen-bond acceptors (Lipinski definition) is 6. The van der Waals surface area contributed by atoms with Crippen LogP contribution in [0.4, 0.5) is 0 Å². The topological polar surface area (TPSA) is 108 Å². The molecule has 0 fully saturated rings. The molecule has 0 aliphatic rings. The van der Waals surface area contributed by atoms with Crippen molar-refractivity contribution in [2.45, 2.75) is 98.1 Å². The van der Waals surface area contributed by atoms with Crippen molar-refractivity contribution in [1.29, 1.82) is 0 Å². The number of ether oxygens (including phenoxy) is 1. The Morgan fingerprint density at radius 2 is 1.49 bits per heavy atom. The van der Waals surface area contributed by atoms with E-state index in [0.29, 0.717) is 43.5 Å². The van der Waals surface area contributed by atoms with E-state index in [1.165, 1.54) is 6.92 Å². The number of nitrogens with zero attached hydrogens (tertiary/aromatic N) is 4. The van der Waals surface area contributed by atoms with Gasteiger partial charge in [-0.25, -0.2) is 9.97 Å². The summed E-state index contributed by atoms with van der Waals surface area (Å²) in [5.74, 6) is 1.59. The molecule has 9 nitrogen and oxygen atoms in total. The number of esters is 1. The summed E-state index contributed by atoms with van der Waals surface area (Å²) < 4.78 is 10.1. The third-order valence-electron chi connectivity index (χ3n) is 11.5. The number of imidazole rings is 2. The van der Waals surface area contributed by atoms with Gasteiger partial charge in [0, 0.05) is 62.2 Å². The normalized spacial score (nSPS) is 11.9. The van der Waals surface area contributed by atoms with Gasteiger partial charge < -0.3 is 19.2 Å². The van der Waals surface area contributed by atoms with Gasteiger partial charge in [0.05, 0.1) is 22.1 Å². The molecular weight excluding hydrogens is 759 g/mol. The molecule has 1 unspecified atom stereocenters. The Balaban J connectivity index is 0.987. The molecule has 61 heavy (non-hydrogen) atoms. The minimum Gasteiger partial charge on any atom is -0.458 e. The molecule has 9 heteroatoms. The fraction of sp³-hybridized carbons (Fsp3) is 0.327. The van der Waals surface area contributed by atoms with Crippen LogP contribution in [-0.4, -0.2) is 43.3 Å². The maximum Gasteiger partial charge on any atom is 0.303 e. The van der Waals surface area contributed by atoms with E-state index >= 15 is 0 Å². The third-order valence-corrected chi connectivity index (χ3v) is 11.5. The standard InChI is InChI=1S/C52H57N5O4/c1-6-8-26-48(61-36(4)58)42-21-13-12-20-41(42)47(59)25-10-9-17-31-53-52(60)43-22-14-11-19-40(43)38-29-27-37(28-30-38)34-57-46-33-39(32-35(3)50(46)55-49(57)18-7-2)51-54-44-23-15-16-24-45(44)56(51)5/h11-16,19-24,27-30,32-33,48H,6-10,17-18,25-26,31,34H2,1-5H3,(H,53,60). The number of ketones is 1. The second kappa shape index (κ2) is 19.8. The molecule has 0 saturated heterocycles. The Morgan fingerprint density at radius 3 is 2.25 bits per heavy atom. The highest BCUT2D eigenvalue weighted by Crippen LogP contribution is 2.32. The summed E-state index contributed by atoms with van der Waals surface area (Å²) in [5.41, 5.74) is 11.4. The van der Waals surface area contributed by atoms with E-state index in [4.69, 9.17) is 14.7 Å². The molecule has 0 aliphatic heterocycles. The van der Waals surface area contributed by atoms with Crippen LogP contribution < -0.4 is 5.32 Å². The van der Waals surface area contributed by atoms with E-state index in [0.717, 1.165) is 106 Å². The van der Waals surface area contributed by atoms with Crippen molar-refractivity contribution >= 4 is 39.7 Å². The van der Waals surface area contributed by atoms with Crippen LogP contribution >= 0.6 is 0 Å². The number of aromatic nitrogens is 4. The fourth-order valence-corrected chi connectivity index (χ4v) is 8.39. The first-order valence-electron chi connectivity index (χ1n) is 21.8. The lowest BCUT2D eigenvalue weighted by molar-refractivity contribution is -0.147. The molecule has 0 saturated carbocycles. The zero-order valence-electron chi connectivity index (χ0n) is 36.2. The molecule has 314 valence electrons. The first-order valence-corrected chi connectivity index (χ1v) is 21.8. The molecule has 1 amide bonds. The van der Waals surface area contributed by atoms with E-state index in [2.05, 4.69) is 90.8 Å². The summed E-state index contributed by atoms with van der Waals surface area (Å²) in [7, 11) is 2.07. The predicted molar refractivity (Wildman–Crippen MR) is 245 cm³/mol. The SMILES string of the molecule is CCCCC(OC(C)=O)c1ccccc1C(=O)CCCCCNC(=O)c1ccccc1-c1ccc(Cn2c(CCC)nc3c(C)cc(-c4nc5ccccc5n4C)cc32)cc1. The number of nitrogens with one attached hydrogen (secondary N) is 1. The van der Waals surface area contributed by atoms with E-state index in [1.807, 2.05) is 60.7 Å². The van der Waals surface area contributed by atoms with Gasteiger partial charge in [0.15, 0.2) is 5.78 Å². The van der Waals surface area contributed by atoms with E-state index in [-0.39, 0.29) is 17.7 Å². The zero-order valence-corrected chi connectivity index (χ0v) is 36.2. The molecule has 1 N–H and O–H groups in total. The minimum absolute atomic E-state index is 0.0478. The number of Topliss-reactive ketones (excluding diaryl/α,β-unsaturated/α-hetero) is 1. The lowest BCUT2D eigenvalue weighted by atomic mass is 9.94. The highest BCUT2D eigenvalue weighted by Gasteiger charge is 2.22. The Hall–Kier alpha value is -6.35. The maximum absolute atomic E-state index is 13.5. The Labute approximate surface area is 359 Å². The van der Waals surface area contributed by atoms with Crippen LogP contribution in [0.1, 0.15) is 121 Å². The molecular formula is C52H57N5O4. The number of rotatable bonds is 19. The first-order chi connectivity index (χ1) is 29.7. The number of hydrogen-bond donors (Lipinski definition) is 1. The molecule has 2 aromatic heterocycles. The van der Waals surface area contributed by atoms with Gasteiger partial charge in [0.2, 0.25) is 0 Å². The molecule has 2 heterocycles. The summed E-state index contributed by atoms with van der Waals surface area (Å²) in [6.45, 7) is 9.01. The Kier molecular flexibility index (Phi) is 13.9. The molecule has 1 atom stereocenters. The maximum atomic E-state index is 13.5. The Bertz CT molecular complexity index is 2660. The predicted octanol–water partition coefficient (Wildman–Crippen LogP) is 11.5. The number of aryl methyl sites for hydroxylation is 3. The molecule has 5 aromatic carbocycles. The van der Waals surface area contributed by atoms with Crippen LogP contribution in [0.25, 0.3) is 44.6 Å². The highest BCUT2D eigenvalue weighted by atomic mass is 16.5. The molecule has 0 radical (unpaired) electrons. The van der Waals surface area contributed by atoms with Crippen molar-refractivity contribution in [3.63, 3.8) is 0 Å². The van der Waals surface area contributed by atoms with Crippen LogP contribution in [-0.2, 0) is 29.5 Å². The van der Waals surface area contributed by atoms with Gasteiger partial charge in [-0.05, 0) is 91.6 Å². The van der Waals surface area contributed by atoms with Gasteiger partial charge in [-0.15, -0.1) is 0 Å². The van der Waals surface area contributed by atoms with Gasteiger partial charge in [0.25, 0.3) is 5.91 Å². The number of amides is 1. The quantitative estimate of drug-likeness (QED) is 0.0495. The van der Waals surface area contributed by atoms with Gasteiger partial charge in [0.1, 0.15) is 17.8 Å². The van der Waals surface area contributed by atoms with Gasteiger partial charge in [-0.3, -0.25) is 14.4 Å². The number of para-hydroxylation sites is 2. The van der Waals surface area contributed by atoms with Gasteiger partial charge in [-0.2, -0.15) is 0 Å². The molecule has 7 aromatic rings. The monoisotopic (exact) mass is 815 g/mol. The summed E-state index contributed by atoms with van der Waals surface area (Å²) in [6, 6.07) is 36.4. The van der Waals surface area contributed by atoms with Crippen molar-refractivity contribution in [3.05, 3.63) is 143 Å². The average molecular weight is 816 g/mol. The second-order valence-electron chi connectivity index (χ2n) is 16.1. The average Bonchev–Trinajstić information content (AvgIpc) is 3.80. The molecule has 7 rings (SSSR count). The van der Waals surface area contributed by atoms with Crippen molar-refractivity contribution in [1.82, 2.24) is 24.4 Å². The minimum atomic E-state index is -0.422. The molecule has 0 aliphatic carbocycles. The van der Waals surface area contributed by atoms with E-state index < -0.39 is 6.10 Å². The van der Waals surface area contributed by atoms with Crippen molar-refractivity contribution < 1.29 is 19.1 Å². The smallest absolute Gasteiger partial charge is 0.303 e. The number of carbonyl (C=O) groups excluding carboxylic acids is 3. The largest absolute Gasteiger partial charge is 0.458 e. The lowest BCUT2D eigenvalue weighted by Gasteiger charge is -2.20. The first kappa shape index (κ1) is 42.8. The number of benzene rings is 5. The van der Waals surface area contributed by atoms with Gasteiger partial charge >= 0.3 is 5.97 Å². The second-order valence-corrected chi connectivity index (χ2v) is 16.1. The van der Waals surface area contributed by atoms with E-state index in [9.17, 15) is 14.4 Å². The van der Waals surface area contributed by atoms with Crippen LogP contribution in [0, 0.1) is 6.92 Å². The molecule has 0 spiro atoms. The van der Waals surface area contributed by atoms with E-state index in [1.54, 1.807) is 0 Å². The number of carbonyl (C=O) groups is 3. The summed E-state index contributed by atoms with van der Waals surface area (Å²) in [5, 5.41) is 3.11. The summed E-state index contributed by atoms with van der Waals surface area (Å²) in [4.78, 5) is 48.8. The highest BCUT2D eigenvalue weighted by molar-refractivity contribution is 6.01. The van der Waals surface area contributed by atoms with Crippen LogP contribution in [0.5, 0.6) is 0 Å². The zero-order chi connectivity index (χ0) is 42.9. The van der Waals surface area contributed by atoms with Crippen molar-refractivity contribution in [2.24, 2.45) is 7.05 Å². The number of unbranched alkanes of at least 4 members (excludes halogenated alkanes) is 3. The van der Waals surface area contributed by atoms with Crippen molar-refractivity contribution in [3.8, 4) is 22.5 Å². The van der Waals surface area contributed by atoms with Gasteiger partial charge in [-0.1, -0.05) is 106 Å². The van der Waals surface area contributed by atoms with Crippen LogP contribution in [0.2, 0.25) is 0 Å². The Morgan fingerprint density at radius 1 is 0.754 bits per heavy atom. The third kappa shape index (κ3) is 9.83. The summed E-state index contributed by atoms with van der Waals surface area (Å²) >= 11 is 0. The fourth-order valence-electron chi connectivity index (χ4n) is 8.39.